The Kier molecular flexibility index (Phi) is 4.70. The first-order valence-electron chi connectivity index (χ1n) is 12.6. The van der Waals surface area contributed by atoms with Crippen LogP contribution in [0.2, 0.25) is 0 Å². The highest BCUT2D eigenvalue weighted by Crippen LogP contribution is 2.79. The van der Waals surface area contributed by atoms with Gasteiger partial charge in [-0.2, -0.15) is 0 Å². The minimum atomic E-state index is -0.942. The summed E-state index contributed by atoms with van der Waals surface area (Å²) in [6, 6.07) is 0.163. The molecule has 7 heteroatoms. The summed E-state index contributed by atoms with van der Waals surface area (Å²) in [6.07, 6.45) is 3.27. The van der Waals surface area contributed by atoms with E-state index in [4.69, 9.17) is 14.2 Å². The van der Waals surface area contributed by atoms with Crippen LogP contribution in [0.15, 0.2) is 0 Å². The van der Waals surface area contributed by atoms with Gasteiger partial charge in [-0.15, -0.1) is 0 Å². The molecule has 0 aromatic heterocycles. The molecular formula is C25H39NO6. The van der Waals surface area contributed by atoms with Gasteiger partial charge in [0, 0.05) is 68.7 Å². The fourth-order valence-electron chi connectivity index (χ4n) is 10.7. The van der Waals surface area contributed by atoms with Gasteiger partial charge in [0.1, 0.15) is 6.10 Å². The van der Waals surface area contributed by atoms with Gasteiger partial charge in [0.15, 0.2) is 0 Å². The number of fused-ring (bicyclic) bond motifs is 2. The maximum absolute atomic E-state index is 12.5. The highest BCUT2D eigenvalue weighted by atomic mass is 16.5. The van der Waals surface area contributed by atoms with Crippen molar-refractivity contribution in [3.05, 3.63) is 0 Å². The molecule has 4 unspecified atom stereocenters. The Morgan fingerprint density at radius 2 is 2.00 bits per heavy atom. The van der Waals surface area contributed by atoms with Gasteiger partial charge in [0.2, 0.25) is 0 Å². The third-order valence-corrected chi connectivity index (χ3v) is 11.2. The van der Waals surface area contributed by atoms with Crippen LogP contribution in [0.4, 0.5) is 0 Å². The van der Waals surface area contributed by atoms with Crippen molar-refractivity contribution < 1.29 is 29.2 Å². The molecule has 0 amide bonds. The minimum absolute atomic E-state index is 0.0138. The van der Waals surface area contributed by atoms with Gasteiger partial charge in [0.25, 0.3) is 0 Å². The van der Waals surface area contributed by atoms with Crippen LogP contribution < -0.4 is 0 Å². The highest BCUT2D eigenvalue weighted by molar-refractivity contribution is 5.66. The van der Waals surface area contributed by atoms with E-state index in [0.717, 1.165) is 38.8 Å². The lowest BCUT2D eigenvalue weighted by atomic mass is 9.43. The predicted octanol–water partition coefficient (Wildman–Crippen LogP) is 1.45. The van der Waals surface area contributed by atoms with Crippen molar-refractivity contribution in [2.24, 2.45) is 40.4 Å². The molecule has 1 aliphatic heterocycles. The number of methoxy groups -OCH3 is 2. The summed E-state index contributed by atoms with van der Waals surface area (Å²) in [6.45, 7) is 6.27. The van der Waals surface area contributed by atoms with Crippen LogP contribution in [0, 0.1) is 40.4 Å². The number of piperidine rings is 1. The SMILES string of the molecule is CCN1C[C@@]2(COC)CC[C@@H](O)[C@@]34C5C[C@H]6C(OC(C)=O)C5[C@@](O)(C[C@H]6OC)[C@@H](CC23)[C@H]14. The zero-order valence-corrected chi connectivity index (χ0v) is 19.8. The molecule has 180 valence electrons. The van der Waals surface area contributed by atoms with Crippen molar-refractivity contribution in [3.63, 3.8) is 0 Å². The van der Waals surface area contributed by atoms with Crippen molar-refractivity contribution in [1.29, 1.82) is 0 Å². The summed E-state index contributed by atoms with van der Waals surface area (Å²) >= 11 is 0. The Morgan fingerprint density at radius 1 is 1.22 bits per heavy atom. The van der Waals surface area contributed by atoms with Crippen LogP contribution in [-0.2, 0) is 19.0 Å². The number of esters is 1. The number of carbonyl (C=O) groups excluding carboxylic acids is 1. The Labute approximate surface area is 190 Å². The standard InChI is InChI=1S/C25H39NO6/c1-5-26-11-23(12-30-3)7-6-19(28)25-15-8-14-17(31-4)10-24(29,16(22(25)26)9-18(23)25)20(15)21(14)32-13(2)27/h14-22,28-29H,5-12H2,1-4H3/t14-,15?,16+,17-,18?,19-,20?,21?,22+,23-,24-,25-/m1/s1. The summed E-state index contributed by atoms with van der Waals surface area (Å²) in [5.41, 5.74) is -1.20. The first-order valence-corrected chi connectivity index (χ1v) is 12.6. The average Bonchev–Trinajstić information content (AvgIpc) is 3.20. The van der Waals surface area contributed by atoms with Crippen molar-refractivity contribution >= 4 is 5.97 Å². The Bertz CT molecular complexity index is 807. The fraction of sp³-hybridized carbons (Fsp3) is 0.960. The third kappa shape index (κ3) is 2.28. The number of nitrogens with zero attached hydrogens (tertiary/aromatic N) is 1. The van der Waals surface area contributed by atoms with Crippen LogP contribution in [0.1, 0.15) is 46.0 Å². The number of likely N-dealkylation sites (tertiary alicyclic amines) is 1. The van der Waals surface area contributed by atoms with E-state index in [9.17, 15) is 15.0 Å². The lowest BCUT2D eigenvalue weighted by Gasteiger charge is -2.69. The molecule has 6 fully saturated rings. The van der Waals surface area contributed by atoms with E-state index in [0.29, 0.717) is 18.9 Å². The second-order valence-corrected chi connectivity index (χ2v) is 11.8. The lowest BCUT2D eigenvalue weighted by Crippen LogP contribution is -2.76. The second kappa shape index (κ2) is 6.91. The second-order valence-electron chi connectivity index (χ2n) is 11.8. The van der Waals surface area contributed by atoms with Gasteiger partial charge in [-0.05, 0) is 44.1 Å². The maximum atomic E-state index is 12.5. The van der Waals surface area contributed by atoms with Crippen molar-refractivity contribution in [3.8, 4) is 0 Å². The van der Waals surface area contributed by atoms with Gasteiger partial charge in [-0.3, -0.25) is 9.69 Å². The molecule has 1 spiro atoms. The summed E-state index contributed by atoms with van der Waals surface area (Å²) in [7, 11) is 3.51. The zero-order valence-electron chi connectivity index (χ0n) is 19.8. The largest absolute Gasteiger partial charge is 0.462 e. The van der Waals surface area contributed by atoms with Gasteiger partial charge in [-0.25, -0.2) is 0 Å². The molecule has 32 heavy (non-hydrogen) atoms. The van der Waals surface area contributed by atoms with E-state index in [2.05, 4.69) is 11.8 Å². The number of ether oxygens (including phenoxy) is 3. The first-order chi connectivity index (χ1) is 15.3. The Morgan fingerprint density at radius 3 is 2.66 bits per heavy atom. The molecule has 7 nitrogen and oxygen atoms in total. The van der Waals surface area contributed by atoms with Gasteiger partial charge in [-0.1, -0.05) is 6.92 Å². The Hall–Kier alpha value is -0.730. The van der Waals surface area contributed by atoms with Gasteiger partial charge >= 0.3 is 5.97 Å². The number of aliphatic hydroxyl groups is 2. The molecule has 5 saturated carbocycles. The van der Waals surface area contributed by atoms with Crippen LogP contribution in [0.3, 0.4) is 0 Å². The average molecular weight is 450 g/mol. The topological polar surface area (TPSA) is 88.5 Å². The van der Waals surface area contributed by atoms with E-state index < -0.39 is 11.7 Å². The predicted molar refractivity (Wildman–Crippen MR) is 116 cm³/mol. The smallest absolute Gasteiger partial charge is 0.302 e. The van der Waals surface area contributed by atoms with E-state index in [1.807, 2.05) is 0 Å². The lowest BCUT2D eigenvalue weighted by molar-refractivity contribution is -0.274. The molecule has 0 aromatic rings. The molecule has 6 rings (SSSR count). The number of hydrogen-bond donors (Lipinski definition) is 2. The van der Waals surface area contributed by atoms with Crippen molar-refractivity contribution in [2.75, 3.05) is 33.9 Å². The zero-order chi connectivity index (χ0) is 22.6. The quantitative estimate of drug-likeness (QED) is 0.614. The van der Waals surface area contributed by atoms with E-state index >= 15 is 0 Å². The molecule has 1 saturated heterocycles. The minimum Gasteiger partial charge on any atom is -0.462 e. The monoisotopic (exact) mass is 449 g/mol. The summed E-state index contributed by atoms with van der Waals surface area (Å²) in [5.74, 6) is 0.164. The molecule has 12 atom stereocenters. The molecule has 0 aromatic carbocycles. The molecule has 2 N–H and O–H groups in total. The summed E-state index contributed by atoms with van der Waals surface area (Å²) in [5, 5.41) is 24.4. The van der Waals surface area contributed by atoms with Crippen LogP contribution in [0.25, 0.3) is 0 Å². The summed E-state index contributed by atoms with van der Waals surface area (Å²) < 4.78 is 17.7. The maximum Gasteiger partial charge on any atom is 0.302 e. The van der Waals surface area contributed by atoms with Crippen molar-refractivity contribution in [2.45, 2.75) is 75.9 Å². The third-order valence-electron chi connectivity index (χ3n) is 11.2. The van der Waals surface area contributed by atoms with Crippen LogP contribution in [-0.4, -0.2) is 85.0 Å². The molecule has 0 radical (unpaired) electrons. The number of rotatable bonds is 5. The number of hydrogen-bond acceptors (Lipinski definition) is 7. The van der Waals surface area contributed by atoms with E-state index in [-0.39, 0.29) is 58.7 Å². The fourth-order valence-corrected chi connectivity index (χ4v) is 10.7. The van der Waals surface area contributed by atoms with Gasteiger partial charge in [0.05, 0.1) is 24.4 Å². The molecule has 1 heterocycles. The number of aliphatic hydroxyl groups excluding tert-OH is 1. The van der Waals surface area contributed by atoms with Crippen molar-refractivity contribution in [1.82, 2.24) is 4.90 Å². The summed E-state index contributed by atoms with van der Waals surface area (Å²) in [4.78, 5) is 14.7. The highest BCUT2D eigenvalue weighted by Gasteiger charge is 2.83. The van der Waals surface area contributed by atoms with Crippen LogP contribution in [0.5, 0.6) is 0 Å². The van der Waals surface area contributed by atoms with Crippen LogP contribution >= 0.6 is 0 Å². The molecule has 6 aliphatic rings. The number of carbonyl (C=O) groups is 1. The molecule has 7 bridgehead atoms. The van der Waals surface area contributed by atoms with E-state index in [1.54, 1.807) is 14.2 Å². The molecule has 5 aliphatic carbocycles. The van der Waals surface area contributed by atoms with Gasteiger partial charge < -0.3 is 24.4 Å². The first kappa shape index (κ1) is 21.8. The molecular weight excluding hydrogens is 410 g/mol. The van der Waals surface area contributed by atoms with E-state index in [1.165, 1.54) is 6.92 Å². The Balaban J connectivity index is 1.56. The normalized spacial score (nSPS) is 57.5.